The van der Waals surface area contributed by atoms with Gasteiger partial charge >= 0.3 is 0 Å². The number of fused-ring (bicyclic) bond motifs is 1. The van der Waals surface area contributed by atoms with Crippen LogP contribution in [0.5, 0.6) is 5.75 Å². The monoisotopic (exact) mass is 390 g/mol. The molecular formula is C19H19ClN2O3S. The van der Waals surface area contributed by atoms with Crippen molar-refractivity contribution in [2.24, 2.45) is 0 Å². The summed E-state index contributed by atoms with van der Waals surface area (Å²) in [5, 5.41) is 3.46. The Hall–Kier alpha value is -2.18. The molecule has 2 aromatic rings. The highest BCUT2D eigenvalue weighted by Crippen LogP contribution is 2.26. The maximum atomic E-state index is 12.2. The van der Waals surface area contributed by atoms with Gasteiger partial charge in [-0.2, -0.15) is 0 Å². The van der Waals surface area contributed by atoms with Gasteiger partial charge in [-0.1, -0.05) is 29.8 Å². The first-order chi connectivity index (χ1) is 12.6. The van der Waals surface area contributed by atoms with Gasteiger partial charge in [-0.05, 0) is 30.3 Å². The summed E-state index contributed by atoms with van der Waals surface area (Å²) in [7, 11) is 0. The van der Waals surface area contributed by atoms with Crippen LogP contribution in [0.1, 0.15) is 5.56 Å². The van der Waals surface area contributed by atoms with E-state index in [-0.39, 0.29) is 18.4 Å². The molecule has 0 aromatic heterocycles. The van der Waals surface area contributed by atoms with Crippen molar-refractivity contribution in [2.75, 3.05) is 25.4 Å². The number of ether oxygens (including phenoxy) is 1. The summed E-state index contributed by atoms with van der Waals surface area (Å²) < 4.78 is 5.52. The lowest BCUT2D eigenvalue weighted by Crippen LogP contribution is -2.39. The molecule has 2 aromatic carbocycles. The lowest BCUT2D eigenvalue weighted by molar-refractivity contribution is -0.133. The van der Waals surface area contributed by atoms with Crippen molar-refractivity contribution in [3.05, 3.63) is 59.1 Å². The molecule has 0 unspecified atom stereocenters. The number of halogens is 1. The van der Waals surface area contributed by atoms with Gasteiger partial charge in [0.05, 0.1) is 5.75 Å². The second-order valence-electron chi connectivity index (χ2n) is 5.81. The second-order valence-corrected chi connectivity index (χ2v) is 7.29. The van der Waals surface area contributed by atoms with Gasteiger partial charge in [0.15, 0.2) is 6.61 Å². The zero-order valence-corrected chi connectivity index (χ0v) is 15.7. The highest BCUT2D eigenvalue weighted by Gasteiger charge is 2.21. The van der Waals surface area contributed by atoms with E-state index in [0.717, 1.165) is 10.5 Å². The predicted molar refractivity (Wildman–Crippen MR) is 103 cm³/mol. The lowest BCUT2D eigenvalue weighted by Gasteiger charge is -2.20. The quantitative estimate of drug-likeness (QED) is 0.770. The number of hydrogen-bond acceptors (Lipinski definition) is 4. The van der Waals surface area contributed by atoms with Crippen molar-refractivity contribution < 1.29 is 14.3 Å². The Balaban J connectivity index is 1.47. The minimum Gasteiger partial charge on any atom is -0.483 e. The van der Waals surface area contributed by atoms with Gasteiger partial charge in [0.2, 0.25) is 5.91 Å². The maximum absolute atomic E-state index is 12.2. The highest BCUT2D eigenvalue weighted by molar-refractivity contribution is 8.00. The van der Waals surface area contributed by atoms with Crippen molar-refractivity contribution in [2.45, 2.75) is 11.4 Å². The lowest BCUT2D eigenvalue weighted by atomic mass is 10.2. The van der Waals surface area contributed by atoms with Crippen LogP contribution in [0, 0.1) is 0 Å². The number of carbonyl (C=O) groups excluding carboxylic acids is 2. The standard InChI is InChI=1S/C19H19ClN2O3S/c20-15-6-7-17-14(10-15)11-22(19(24)12-25-17)9-8-21-18(23)13-26-16-4-2-1-3-5-16/h1-7,10H,8-9,11-13H2,(H,21,23). The molecule has 0 fully saturated rings. The van der Waals surface area contributed by atoms with Crippen molar-refractivity contribution in [1.29, 1.82) is 0 Å². The summed E-state index contributed by atoms with van der Waals surface area (Å²) in [6.07, 6.45) is 0. The summed E-state index contributed by atoms with van der Waals surface area (Å²) in [5.74, 6) is 0.860. The molecule has 1 aliphatic heterocycles. The van der Waals surface area contributed by atoms with E-state index in [1.165, 1.54) is 11.8 Å². The Labute approximate surface area is 161 Å². The summed E-state index contributed by atoms with van der Waals surface area (Å²) >= 11 is 7.51. The normalized spacial score (nSPS) is 13.6. The van der Waals surface area contributed by atoms with Gasteiger partial charge in [0.25, 0.3) is 5.91 Å². The average molecular weight is 391 g/mol. The number of nitrogens with one attached hydrogen (secondary N) is 1. The minimum atomic E-state index is -0.106. The maximum Gasteiger partial charge on any atom is 0.260 e. The van der Waals surface area contributed by atoms with Crippen LogP contribution in [0.15, 0.2) is 53.4 Å². The molecule has 0 radical (unpaired) electrons. The minimum absolute atomic E-state index is 0.00750. The van der Waals surface area contributed by atoms with E-state index in [4.69, 9.17) is 16.3 Å². The van der Waals surface area contributed by atoms with Gasteiger partial charge in [-0.15, -0.1) is 11.8 Å². The largest absolute Gasteiger partial charge is 0.483 e. The molecule has 5 nitrogen and oxygen atoms in total. The molecule has 0 saturated carbocycles. The molecule has 1 N–H and O–H groups in total. The van der Waals surface area contributed by atoms with E-state index in [9.17, 15) is 9.59 Å². The molecule has 7 heteroatoms. The summed E-state index contributed by atoms with van der Waals surface area (Å²) in [6.45, 7) is 1.24. The number of benzene rings is 2. The molecule has 2 amide bonds. The smallest absolute Gasteiger partial charge is 0.260 e. The van der Waals surface area contributed by atoms with Gasteiger partial charge < -0.3 is 15.0 Å². The third kappa shape index (κ3) is 5.16. The summed E-state index contributed by atoms with van der Waals surface area (Å²) in [4.78, 5) is 26.9. The summed E-state index contributed by atoms with van der Waals surface area (Å²) in [6, 6.07) is 15.1. The first-order valence-corrected chi connectivity index (χ1v) is 9.62. The van der Waals surface area contributed by atoms with Crippen molar-refractivity contribution in [1.82, 2.24) is 10.2 Å². The van der Waals surface area contributed by atoms with E-state index in [0.29, 0.717) is 36.2 Å². The number of rotatable bonds is 6. The number of amides is 2. The molecule has 26 heavy (non-hydrogen) atoms. The SMILES string of the molecule is O=C(CSc1ccccc1)NCCN1Cc2cc(Cl)ccc2OCC1=O. The van der Waals surface area contributed by atoms with E-state index in [1.54, 1.807) is 23.1 Å². The Kier molecular flexibility index (Phi) is 6.41. The van der Waals surface area contributed by atoms with Crippen LogP contribution in [-0.4, -0.2) is 42.2 Å². The molecule has 3 rings (SSSR count). The van der Waals surface area contributed by atoms with Crippen LogP contribution in [0.3, 0.4) is 0 Å². The molecule has 1 aliphatic rings. The third-order valence-corrected chi connectivity index (χ3v) is 5.15. The van der Waals surface area contributed by atoms with Gasteiger partial charge in [0, 0.05) is 35.1 Å². The van der Waals surface area contributed by atoms with Crippen molar-refractivity contribution in [3.8, 4) is 5.75 Å². The first-order valence-electron chi connectivity index (χ1n) is 8.25. The molecule has 0 bridgehead atoms. The van der Waals surface area contributed by atoms with Crippen molar-refractivity contribution >= 4 is 35.2 Å². The topological polar surface area (TPSA) is 58.6 Å². The zero-order chi connectivity index (χ0) is 18.4. The zero-order valence-electron chi connectivity index (χ0n) is 14.1. The highest BCUT2D eigenvalue weighted by atomic mass is 35.5. The molecule has 0 aliphatic carbocycles. The number of nitrogens with zero attached hydrogens (tertiary/aromatic N) is 1. The van der Waals surface area contributed by atoms with E-state index in [1.807, 2.05) is 30.3 Å². The Morgan fingerprint density at radius 1 is 1.23 bits per heavy atom. The van der Waals surface area contributed by atoms with Crippen LogP contribution in [0.2, 0.25) is 5.02 Å². The molecule has 1 heterocycles. The van der Waals surface area contributed by atoms with Crippen LogP contribution in [0.25, 0.3) is 0 Å². The summed E-state index contributed by atoms with van der Waals surface area (Å²) in [5.41, 5.74) is 0.870. The number of carbonyl (C=O) groups is 2. The molecule has 0 atom stereocenters. The van der Waals surface area contributed by atoms with E-state index in [2.05, 4.69) is 5.32 Å². The predicted octanol–water partition coefficient (Wildman–Crippen LogP) is 2.97. The molecule has 0 spiro atoms. The van der Waals surface area contributed by atoms with E-state index >= 15 is 0 Å². The Morgan fingerprint density at radius 2 is 2.04 bits per heavy atom. The fraction of sp³-hybridized carbons (Fsp3) is 0.263. The average Bonchev–Trinajstić information content (AvgIpc) is 2.80. The molecule has 136 valence electrons. The Morgan fingerprint density at radius 3 is 2.85 bits per heavy atom. The molecule has 0 saturated heterocycles. The Bertz CT molecular complexity index is 786. The molecular weight excluding hydrogens is 372 g/mol. The third-order valence-electron chi connectivity index (χ3n) is 3.90. The van der Waals surface area contributed by atoms with Crippen molar-refractivity contribution in [3.63, 3.8) is 0 Å². The van der Waals surface area contributed by atoms with Gasteiger partial charge in [0.1, 0.15) is 5.75 Å². The second kappa shape index (κ2) is 8.96. The van der Waals surface area contributed by atoms with Crippen LogP contribution < -0.4 is 10.1 Å². The first kappa shape index (κ1) is 18.6. The van der Waals surface area contributed by atoms with Crippen LogP contribution >= 0.6 is 23.4 Å². The number of hydrogen-bond donors (Lipinski definition) is 1. The number of thioether (sulfide) groups is 1. The van der Waals surface area contributed by atoms with Crippen LogP contribution in [0.4, 0.5) is 0 Å². The fourth-order valence-electron chi connectivity index (χ4n) is 2.59. The van der Waals surface area contributed by atoms with Gasteiger partial charge in [-0.25, -0.2) is 0 Å². The fourth-order valence-corrected chi connectivity index (χ4v) is 3.53. The van der Waals surface area contributed by atoms with Crippen LogP contribution in [-0.2, 0) is 16.1 Å². The van der Waals surface area contributed by atoms with Gasteiger partial charge in [-0.3, -0.25) is 9.59 Å². The van der Waals surface area contributed by atoms with E-state index < -0.39 is 0 Å².